The zero-order valence-electron chi connectivity index (χ0n) is 10.0. The van der Waals surface area contributed by atoms with Crippen molar-refractivity contribution in [3.63, 3.8) is 0 Å². The molecule has 0 spiro atoms. The van der Waals surface area contributed by atoms with Gasteiger partial charge >= 0.3 is 18.9 Å². The van der Waals surface area contributed by atoms with Crippen molar-refractivity contribution in [3.8, 4) is 0 Å². The minimum atomic E-state index is -0.145. The zero-order valence-corrected chi connectivity index (χ0v) is 13.2. The van der Waals surface area contributed by atoms with E-state index in [2.05, 4.69) is 0 Å². The fraction of sp³-hybridized carbons (Fsp3) is 0. The third kappa shape index (κ3) is 4.50. The molecule has 0 saturated heterocycles. The van der Waals surface area contributed by atoms with Gasteiger partial charge in [-0.05, 0) is 12.1 Å². The molecule has 0 aliphatic heterocycles. The summed E-state index contributed by atoms with van der Waals surface area (Å²) < 4.78 is 0. The quantitative estimate of drug-likeness (QED) is 0.624. The third-order valence-corrected chi connectivity index (χ3v) is 4.01. The van der Waals surface area contributed by atoms with Gasteiger partial charge in [0.15, 0.2) is 0 Å². The maximum absolute atomic E-state index is 12.1. The molecule has 0 aromatic heterocycles. The summed E-state index contributed by atoms with van der Waals surface area (Å²) in [6.45, 7) is 0. The normalized spacial score (nSPS) is 10.5. The molecule has 0 N–H and O–H groups in total. The van der Waals surface area contributed by atoms with Crippen molar-refractivity contribution in [2.75, 3.05) is 0 Å². The number of rotatable bonds is 3. The molecule has 2 rings (SSSR count). The van der Waals surface area contributed by atoms with Gasteiger partial charge in [-0.1, -0.05) is 65.1 Å². The molecule has 0 radical (unpaired) electrons. The van der Waals surface area contributed by atoms with E-state index in [1.165, 1.54) is 12.1 Å². The molecule has 0 fully saturated rings. The van der Waals surface area contributed by atoms with E-state index in [-0.39, 0.29) is 34.4 Å². The second kappa shape index (κ2) is 7.70. The molecule has 2 aromatic carbocycles. The van der Waals surface area contributed by atoms with Crippen molar-refractivity contribution >= 4 is 54.2 Å². The number of benzene rings is 2. The van der Waals surface area contributed by atoms with Gasteiger partial charge in [0.2, 0.25) is 0 Å². The van der Waals surface area contributed by atoms with Crippen LogP contribution < -0.4 is 24.2 Å². The van der Waals surface area contributed by atoms with Gasteiger partial charge in [0.05, 0.1) is 10.0 Å². The van der Waals surface area contributed by atoms with E-state index in [4.69, 9.17) is 34.8 Å². The summed E-state index contributed by atoms with van der Waals surface area (Å²) in [5.74, 6) is 0. The Labute approximate surface area is 140 Å². The molecule has 0 unspecified atom stereocenters. The maximum Gasteiger partial charge on any atom is 1.00 e. The zero-order chi connectivity index (χ0) is 13.1. The van der Waals surface area contributed by atoms with E-state index in [0.717, 1.165) is 5.30 Å². The predicted octanol–water partition coefficient (Wildman–Crippen LogP) is 2.06. The Morgan fingerprint density at radius 2 is 1.47 bits per heavy atom. The van der Waals surface area contributed by atoms with E-state index in [9.17, 15) is 4.79 Å². The van der Waals surface area contributed by atoms with Gasteiger partial charge in [-0.2, -0.15) is 5.30 Å². The van der Waals surface area contributed by atoms with E-state index in [0.29, 0.717) is 19.2 Å². The molecular weight excluding hydrogens is 316 g/mol. The molecule has 0 saturated carbocycles. The first-order valence-electron chi connectivity index (χ1n) is 5.03. The Hall–Kier alpha value is 0.00740. The van der Waals surface area contributed by atoms with E-state index in [1.807, 2.05) is 30.3 Å². The van der Waals surface area contributed by atoms with Gasteiger partial charge in [-0.15, -0.1) is 0 Å². The molecule has 1 nitrogen and oxygen atoms in total. The summed E-state index contributed by atoms with van der Waals surface area (Å²) >= 11 is 17.8. The number of hydrogen-bond acceptors (Lipinski definition) is 1. The van der Waals surface area contributed by atoms with Crippen molar-refractivity contribution in [2.24, 2.45) is 0 Å². The fourth-order valence-corrected chi connectivity index (χ4v) is 3.45. The van der Waals surface area contributed by atoms with Crippen LogP contribution in [0.5, 0.6) is 0 Å². The first kappa shape index (κ1) is 17.1. The monoisotopic (exact) mass is 322 g/mol. The Morgan fingerprint density at radius 1 is 0.947 bits per heavy atom. The molecule has 6 heteroatoms. The van der Waals surface area contributed by atoms with Gasteiger partial charge in [0.1, 0.15) is 0 Å². The second-order valence-electron chi connectivity index (χ2n) is 3.50. The predicted molar refractivity (Wildman–Crippen MR) is 78.8 cm³/mol. The van der Waals surface area contributed by atoms with E-state index in [1.54, 1.807) is 0 Å². The maximum atomic E-state index is 12.1. The molecular formula is C13H7Cl3LiOP. The van der Waals surface area contributed by atoms with Crippen LogP contribution >= 0.6 is 43.4 Å². The number of carbonyl (C=O) groups excluding carboxylic acids is 1. The van der Waals surface area contributed by atoms with Crippen molar-refractivity contribution in [3.05, 3.63) is 63.1 Å². The number of hydrogen-bond donors (Lipinski definition) is 0. The van der Waals surface area contributed by atoms with Crippen LogP contribution in [0.3, 0.4) is 0 Å². The first-order chi connectivity index (χ1) is 8.58. The van der Waals surface area contributed by atoms with Crippen molar-refractivity contribution in [2.45, 2.75) is 0 Å². The van der Waals surface area contributed by atoms with E-state index >= 15 is 0 Å². The molecule has 0 amide bonds. The van der Waals surface area contributed by atoms with Crippen LogP contribution in [0.25, 0.3) is 0 Å². The average molecular weight is 323 g/mol. The third-order valence-electron chi connectivity index (χ3n) is 2.21. The minimum Gasteiger partial charge on any atom is -0.426 e. The Morgan fingerprint density at radius 3 is 2.00 bits per heavy atom. The SMILES string of the molecule is O=C([P-]c1ccccc1)c1c(Cl)cc(Cl)cc1Cl.[Li+]. The summed E-state index contributed by atoms with van der Waals surface area (Å²) in [4.78, 5) is 12.1. The van der Waals surface area contributed by atoms with Gasteiger partial charge in [-0.25, -0.2) is 0 Å². The largest absolute Gasteiger partial charge is 1.00 e. The topological polar surface area (TPSA) is 17.1 Å². The van der Waals surface area contributed by atoms with Gasteiger partial charge in [-0.3, -0.25) is 0 Å². The Bertz CT molecular complexity index is 567. The standard InChI is InChI=1S/C13H7Cl3OP.Li/c14-8-6-10(15)12(11(16)7-8)13(17)18-9-4-2-1-3-5-9;/h1-7H;/q-1;+1. The molecule has 2 aromatic rings. The van der Waals surface area contributed by atoms with Gasteiger partial charge in [0.25, 0.3) is 0 Å². The Balaban J connectivity index is 0.00000180. The number of halogens is 3. The molecule has 0 aliphatic rings. The van der Waals surface area contributed by atoms with Crippen LogP contribution in [-0.4, -0.2) is 5.52 Å². The molecule has 19 heavy (non-hydrogen) atoms. The summed E-state index contributed by atoms with van der Waals surface area (Å²) in [6, 6.07) is 12.4. The smallest absolute Gasteiger partial charge is 0.426 e. The second-order valence-corrected chi connectivity index (χ2v) is 5.89. The van der Waals surface area contributed by atoms with Gasteiger partial charge < -0.3 is 13.4 Å². The molecule has 0 atom stereocenters. The van der Waals surface area contributed by atoms with Crippen molar-refractivity contribution < 1.29 is 23.7 Å². The summed E-state index contributed by atoms with van der Waals surface area (Å²) in [7, 11) is 0.537. The van der Waals surface area contributed by atoms with Crippen LogP contribution in [0.1, 0.15) is 10.4 Å². The van der Waals surface area contributed by atoms with Crippen LogP contribution in [0.15, 0.2) is 42.5 Å². The summed E-state index contributed by atoms with van der Waals surface area (Å²) in [5.41, 5.74) is 0.168. The van der Waals surface area contributed by atoms with Crippen LogP contribution in [0.2, 0.25) is 15.1 Å². The molecule has 0 bridgehead atoms. The van der Waals surface area contributed by atoms with Crippen molar-refractivity contribution in [1.29, 1.82) is 0 Å². The number of carbonyl (C=O) groups is 1. The van der Waals surface area contributed by atoms with Crippen LogP contribution in [0.4, 0.5) is 0 Å². The minimum absolute atomic E-state index is 0. The molecule has 0 heterocycles. The Kier molecular flexibility index (Phi) is 6.91. The average Bonchev–Trinajstić information content (AvgIpc) is 2.28. The molecule has 0 aliphatic carbocycles. The van der Waals surface area contributed by atoms with Crippen LogP contribution in [0, 0.1) is 0 Å². The fourth-order valence-electron chi connectivity index (χ4n) is 1.42. The molecule has 92 valence electrons. The first-order valence-corrected chi connectivity index (χ1v) is 7.06. The van der Waals surface area contributed by atoms with Gasteiger partial charge in [0, 0.05) is 16.1 Å². The van der Waals surface area contributed by atoms with Crippen molar-refractivity contribution in [1.82, 2.24) is 0 Å². The summed E-state index contributed by atoms with van der Waals surface area (Å²) in [6.07, 6.45) is 0. The van der Waals surface area contributed by atoms with E-state index < -0.39 is 0 Å². The van der Waals surface area contributed by atoms with Crippen LogP contribution in [-0.2, 0) is 0 Å². The summed E-state index contributed by atoms with van der Waals surface area (Å²) in [5, 5.41) is 1.87.